The van der Waals surface area contributed by atoms with Crippen molar-refractivity contribution in [1.29, 1.82) is 0 Å². The Morgan fingerprint density at radius 2 is 1.79 bits per heavy atom. The Hall–Kier alpha value is -3.03. The van der Waals surface area contributed by atoms with Crippen molar-refractivity contribution in [2.24, 2.45) is 0 Å². The second-order valence-corrected chi connectivity index (χ2v) is 7.25. The Balaban J connectivity index is 1.51. The summed E-state index contributed by atoms with van der Waals surface area (Å²) >= 11 is 0. The highest BCUT2D eigenvalue weighted by molar-refractivity contribution is 5.94. The molecule has 3 aromatic rings. The van der Waals surface area contributed by atoms with Gasteiger partial charge in [-0.25, -0.2) is 4.39 Å². The number of amides is 1. The molecule has 1 aliphatic rings. The largest absolute Gasteiger partial charge is 0.353 e. The molecule has 2 aromatic heterocycles. The van der Waals surface area contributed by atoms with E-state index >= 15 is 0 Å². The van der Waals surface area contributed by atoms with Crippen molar-refractivity contribution in [3.05, 3.63) is 53.2 Å². The van der Waals surface area contributed by atoms with E-state index in [0.29, 0.717) is 37.5 Å². The van der Waals surface area contributed by atoms with Crippen LogP contribution in [-0.2, 0) is 12.8 Å². The van der Waals surface area contributed by atoms with E-state index in [4.69, 9.17) is 4.98 Å². The molecule has 1 amide bonds. The van der Waals surface area contributed by atoms with Gasteiger partial charge in [0.2, 0.25) is 0 Å². The zero-order chi connectivity index (χ0) is 20.4. The quantitative estimate of drug-likeness (QED) is 0.663. The molecule has 1 aromatic carbocycles. The zero-order valence-electron chi connectivity index (χ0n) is 16.8. The van der Waals surface area contributed by atoms with Gasteiger partial charge >= 0.3 is 0 Å². The Labute approximate surface area is 169 Å². The molecule has 0 N–H and O–H groups in total. The normalized spacial score (nSPS) is 14.6. The van der Waals surface area contributed by atoms with Gasteiger partial charge in [-0.2, -0.15) is 4.98 Å². The van der Waals surface area contributed by atoms with Crippen LogP contribution < -0.4 is 4.90 Å². The van der Waals surface area contributed by atoms with Gasteiger partial charge in [0.1, 0.15) is 17.5 Å². The molecule has 8 heteroatoms. The fourth-order valence-electron chi connectivity index (χ4n) is 3.77. The standard InChI is InChI=1S/C21H25FN6O/c1-3-5-17-14-19(23-21-25-24-18(4-2)28(17)21)26-10-12-27(13-11-26)20(29)15-6-8-16(22)9-7-15/h6-9,14H,3-5,10-13H2,1-2H3. The van der Waals surface area contributed by atoms with Gasteiger partial charge < -0.3 is 9.80 Å². The first-order chi connectivity index (χ1) is 14.1. The number of anilines is 1. The molecule has 0 bridgehead atoms. The van der Waals surface area contributed by atoms with E-state index in [1.54, 1.807) is 0 Å². The van der Waals surface area contributed by atoms with Crippen LogP contribution in [0.1, 0.15) is 42.1 Å². The van der Waals surface area contributed by atoms with Crippen LogP contribution in [0.25, 0.3) is 5.78 Å². The van der Waals surface area contributed by atoms with Crippen LogP contribution in [0.2, 0.25) is 0 Å². The van der Waals surface area contributed by atoms with Crippen LogP contribution in [0.5, 0.6) is 0 Å². The third-order valence-electron chi connectivity index (χ3n) is 5.31. The van der Waals surface area contributed by atoms with E-state index < -0.39 is 0 Å². The number of fused-ring (bicyclic) bond motifs is 1. The molecule has 1 aliphatic heterocycles. The maximum atomic E-state index is 13.1. The number of rotatable bonds is 5. The number of piperazine rings is 1. The van der Waals surface area contributed by atoms with Crippen molar-refractivity contribution in [3.8, 4) is 0 Å². The van der Waals surface area contributed by atoms with Gasteiger partial charge in [0.05, 0.1) is 0 Å². The lowest BCUT2D eigenvalue weighted by molar-refractivity contribution is 0.0746. The van der Waals surface area contributed by atoms with Gasteiger partial charge in [-0.15, -0.1) is 10.2 Å². The third-order valence-corrected chi connectivity index (χ3v) is 5.31. The summed E-state index contributed by atoms with van der Waals surface area (Å²) in [5, 5.41) is 8.53. The first-order valence-corrected chi connectivity index (χ1v) is 10.1. The van der Waals surface area contributed by atoms with Gasteiger partial charge in [-0.1, -0.05) is 20.3 Å². The second kappa shape index (κ2) is 8.14. The highest BCUT2D eigenvalue weighted by Crippen LogP contribution is 2.20. The first-order valence-electron chi connectivity index (χ1n) is 10.1. The number of nitrogens with zero attached hydrogens (tertiary/aromatic N) is 6. The summed E-state index contributed by atoms with van der Waals surface area (Å²) < 4.78 is 15.2. The maximum Gasteiger partial charge on any atom is 0.257 e. The predicted molar refractivity (Wildman–Crippen MR) is 109 cm³/mol. The summed E-state index contributed by atoms with van der Waals surface area (Å²) in [6.45, 7) is 6.80. The highest BCUT2D eigenvalue weighted by atomic mass is 19.1. The number of carbonyl (C=O) groups excluding carboxylic acids is 1. The highest BCUT2D eigenvalue weighted by Gasteiger charge is 2.24. The monoisotopic (exact) mass is 396 g/mol. The van der Waals surface area contributed by atoms with Crippen molar-refractivity contribution in [2.45, 2.75) is 33.1 Å². The lowest BCUT2D eigenvalue weighted by Crippen LogP contribution is -2.49. The molecule has 1 fully saturated rings. The van der Waals surface area contributed by atoms with Gasteiger partial charge in [0, 0.05) is 49.9 Å². The van der Waals surface area contributed by atoms with Crippen molar-refractivity contribution in [3.63, 3.8) is 0 Å². The molecule has 1 saturated heterocycles. The third kappa shape index (κ3) is 3.79. The average molecular weight is 396 g/mol. The van der Waals surface area contributed by atoms with E-state index in [9.17, 15) is 9.18 Å². The Morgan fingerprint density at radius 1 is 1.07 bits per heavy atom. The molecule has 7 nitrogen and oxygen atoms in total. The summed E-state index contributed by atoms with van der Waals surface area (Å²) in [6.07, 6.45) is 2.77. The molecule has 0 unspecified atom stereocenters. The Kier molecular flexibility index (Phi) is 5.42. The summed E-state index contributed by atoms with van der Waals surface area (Å²) in [5.74, 6) is 2.04. The number of halogens is 1. The molecule has 0 atom stereocenters. The number of benzene rings is 1. The van der Waals surface area contributed by atoms with Crippen LogP contribution in [0, 0.1) is 5.82 Å². The molecule has 3 heterocycles. The SMILES string of the molecule is CCCc1cc(N2CCN(C(=O)c3ccc(F)cc3)CC2)nc2nnc(CC)n12. The predicted octanol–water partition coefficient (Wildman–Crippen LogP) is 2.74. The molecule has 29 heavy (non-hydrogen) atoms. The number of aryl methyl sites for hydroxylation is 2. The van der Waals surface area contributed by atoms with Crippen molar-refractivity contribution >= 4 is 17.5 Å². The van der Waals surface area contributed by atoms with Gasteiger partial charge in [0.25, 0.3) is 11.7 Å². The molecular weight excluding hydrogens is 371 g/mol. The summed E-state index contributed by atoms with van der Waals surface area (Å²) in [6, 6.07) is 7.83. The van der Waals surface area contributed by atoms with Crippen LogP contribution in [-0.4, -0.2) is 56.6 Å². The van der Waals surface area contributed by atoms with Gasteiger partial charge in [-0.05, 0) is 30.7 Å². The summed E-state index contributed by atoms with van der Waals surface area (Å²) in [4.78, 5) is 21.4. The molecule has 0 aliphatic carbocycles. The topological polar surface area (TPSA) is 66.6 Å². The lowest BCUT2D eigenvalue weighted by Gasteiger charge is -2.35. The zero-order valence-corrected chi connectivity index (χ0v) is 16.8. The second-order valence-electron chi connectivity index (χ2n) is 7.25. The Bertz CT molecular complexity index is 1010. The maximum absolute atomic E-state index is 13.1. The van der Waals surface area contributed by atoms with Crippen molar-refractivity contribution < 1.29 is 9.18 Å². The number of hydrogen-bond acceptors (Lipinski definition) is 5. The van der Waals surface area contributed by atoms with Gasteiger partial charge in [-0.3, -0.25) is 9.20 Å². The molecular formula is C21H25FN6O. The van der Waals surface area contributed by atoms with Crippen molar-refractivity contribution in [2.75, 3.05) is 31.1 Å². The minimum Gasteiger partial charge on any atom is -0.353 e. The number of carbonyl (C=O) groups is 1. The van der Waals surface area contributed by atoms with Crippen molar-refractivity contribution in [1.82, 2.24) is 24.5 Å². The van der Waals surface area contributed by atoms with Crippen LogP contribution in [0.15, 0.2) is 30.3 Å². The Morgan fingerprint density at radius 3 is 2.45 bits per heavy atom. The molecule has 4 rings (SSSR count). The summed E-state index contributed by atoms with van der Waals surface area (Å²) in [5.41, 5.74) is 1.68. The smallest absolute Gasteiger partial charge is 0.257 e. The van der Waals surface area contributed by atoms with E-state index in [1.165, 1.54) is 30.0 Å². The van der Waals surface area contributed by atoms with Crippen LogP contribution in [0.3, 0.4) is 0 Å². The molecule has 0 saturated carbocycles. The minimum atomic E-state index is -0.338. The van der Waals surface area contributed by atoms with Crippen LogP contribution >= 0.6 is 0 Å². The summed E-state index contributed by atoms with van der Waals surface area (Å²) in [7, 11) is 0. The minimum absolute atomic E-state index is 0.0650. The lowest BCUT2D eigenvalue weighted by atomic mass is 10.1. The van der Waals surface area contributed by atoms with E-state index in [-0.39, 0.29) is 11.7 Å². The first kappa shape index (κ1) is 19.3. The molecule has 152 valence electrons. The number of aromatic nitrogens is 4. The van der Waals surface area contributed by atoms with E-state index in [1.807, 2.05) is 4.90 Å². The fraction of sp³-hybridized carbons (Fsp3) is 0.429. The number of hydrogen-bond donors (Lipinski definition) is 0. The van der Waals surface area contributed by atoms with E-state index in [2.05, 4.69) is 39.4 Å². The van der Waals surface area contributed by atoms with E-state index in [0.717, 1.165) is 30.9 Å². The fourth-order valence-corrected chi connectivity index (χ4v) is 3.77. The van der Waals surface area contributed by atoms with Crippen LogP contribution in [0.4, 0.5) is 10.2 Å². The molecule has 0 spiro atoms. The molecule has 0 radical (unpaired) electrons. The van der Waals surface area contributed by atoms with Gasteiger partial charge in [0.15, 0.2) is 0 Å². The average Bonchev–Trinajstić information content (AvgIpc) is 3.17.